The van der Waals surface area contributed by atoms with Crippen molar-refractivity contribution in [1.29, 1.82) is 0 Å². The van der Waals surface area contributed by atoms with Crippen LogP contribution in [0.3, 0.4) is 0 Å². The van der Waals surface area contributed by atoms with E-state index in [1.54, 1.807) is 0 Å². The summed E-state index contributed by atoms with van der Waals surface area (Å²) in [5.41, 5.74) is 0. The zero-order valence-electron chi connectivity index (χ0n) is 4.13. The third-order valence-electron chi connectivity index (χ3n) is 0.307. The van der Waals surface area contributed by atoms with E-state index in [9.17, 15) is 12.6 Å². The third kappa shape index (κ3) is 6.39. The van der Waals surface area contributed by atoms with Crippen LogP contribution in [0.1, 0.15) is 0 Å². The number of rotatable bonds is 2. The second kappa shape index (κ2) is 2.80. The van der Waals surface area contributed by atoms with Crippen molar-refractivity contribution in [3.8, 4) is 0 Å². The maximum Gasteiger partial charge on any atom is 0.160 e. The van der Waals surface area contributed by atoms with Gasteiger partial charge in [-0.25, -0.2) is 12.6 Å². The molecule has 0 bridgehead atoms. The Morgan fingerprint density at radius 1 is 1.62 bits per heavy atom. The van der Waals surface area contributed by atoms with Gasteiger partial charge in [-0.2, -0.15) is 0 Å². The van der Waals surface area contributed by atoms with Gasteiger partial charge in [-0.1, -0.05) is 0 Å². The Morgan fingerprint density at radius 3 is 2.00 bits per heavy atom. The Kier molecular flexibility index (Phi) is 2.93. The third-order valence-corrected chi connectivity index (χ3v) is 3.56. The molecule has 0 amide bonds. The lowest BCUT2D eigenvalue weighted by Crippen LogP contribution is -2.04. The smallest absolute Gasteiger partial charge is 0.160 e. The molecule has 0 heterocycles. The van der Waals surface area contributed by atoms with Crippen molar-refractivity contribution in [3.05, 3.63) is 0 Å². The first kappa shape index (κ1) is 8.39. The molecule has 0 rings (SSSR count). The maximum absolute atomic E-state index is 10.2. The standard InChI is InChI=1S/C2H5ClO3S2/c1-8(5,6)2-7(3)4/h2H2,1H3. The van der Waals surface area contributed by atoms with E-state index in [0.717, 1.165) is 6.26 Å². The summed E-state index contributed by atoms with van der Waals surface area (Å²) in [7, 11) is -0.0508. The van der Waals surface area contributed by atoms with Crippen LogP contribution in [-0.2, 0) is 19.9 Å². The van der Waals surface area contributed by atoms with E-state index in [1.807, 2.05) is 0 Å². The Labute approximate surface area is 54.9 Å². The van der Waals surface area contributed by atoms with Crippen LogP contribution in [0.4, 0.5) is 0 Å². The first-order chi connectivity index (χ1) is 3.42. The first-order valence-electron chi connectivity index (χ1n) is 1.64. The second-order valence-corrected chi connectivity index (χ2v) is 5.74. The summed E-state index contributed by atoms with van der Waals surface area (Å²) >= 11 is 0. The van der Waals surface area contributed by atoms with E-state index in [-0.39, 0.29) is 0 Å². The van der Waals surface area contributed by atoms with Gasteiger partial charge < -0.3 is 0 Å². The van der Waals surface area contributed by atoms with Crippen LogP contribution in [0, 0.1) is 0 Å². The Bertz CT molecular complexity index is 181. The van der Waals surface area contributed by atoms with Gasteiger partial charge >= 0.3 is 0 Å². The number of hydrogen-bond donors (Lipinski definition) is 0. The molecule has 0 fully saturated rings. The molecule has 8 heavy (non-hydrogen) atoms. The zero-order chi connectivity index (χ0) is 6.78. The fraction of sp³-hybridized carbons (Fsp3) is 1.00. The molecular formula is C2H5ClO3S2. The quantitative estimate of drug-likeness (QED) is 0.552. The van der Waals surface area contributed by atoms with Gasteiger partial charge in [0.15, 0.2) is 9.84 Å². The van der Waals surface area contributed by atoms with Crippen molar-refractivity contribution < 1.29 is 12.6 Å². The minimum absolute atomic E-state index is 0.464. The molecule has 0 aromatic carbocycles. The minimum atomic E-state index is -3.16. The van der Waals surface area contributed by atoms with Crippen molar-refractivity contribution >= 4 is 30.5 Å². The van der Waals surface area contributed by atoms with Gasteiger partial charge in [0.25, 0.3) is 0 Å². The molecule has 0 saturated heterocycles. The van der Waals surface area contributed by atoms with Gasteiger partial charge in [0.2, 0.25) is 0 Å². The highest BCUT2D eigenvalue weighted by molar-refractivity contribution is 8.17. The summed E-state index contributed by atoms with van der Waals surface area (Å²) in [6, 6.07) is 0. The van der Waals surface area contributed by atoms with Gasteiger partial charge in [-0.3, -0.25) is 0 Å². The zero-order valence-corrected chi connectivity index (χ0v) is 6.52. The number of hydrogen-bond acceptors (Lipinski definition) is 3. The van der Waals surface area contributed by atoms with Gasteiger partial charge in [-0.15, -0.1) is 0 Å². The van der Waals surface area contributed by atoms with Gasteiger partial charge in [-0.05, 0) is 10.7 Å². The highest BCUT2D eigenvalue weighted by Crippen LogP contribution is 1.92. The molecule has 0 spiro atoms. The number of sulfone groups is 1. The van der Waals surface area contributed by atoms with Crippen molar-refractivity contribution in [2.75, 3.05) is 11.3 Å². The fourth-order valence-electron chi connectivity index (χ4n) is 0.168. The highest BCUT2D eigenvalue weighted by atomic mass is 35.7. The summed E-state index contributed by atoms with van der Waals surface area (Å²) in [4.78, 5) is 0. The van der Waals surface area contributed by atoms with Crippen LogP contribution in [0.25, 0.3) is 0 Å². The average molecular weight is 177 g/mol. The molecule has 6 heteroatoms. The Balaban J connectivity index is 3.95. The van der Waals surface area contributed by atoms with E-state index < -0.39 is 24.9 Å². The lowest BCUT2D eigenvalue weighted by molar-refractivity contribution is 0.606. The van der Waals surface area contributed by atoms with Crippen LogP contribution >= 0.6 is 10.7 Å². The molecule has 0 saturated carbocycles. The Hall–Kier alpha value is 0.390. The first-order valence-corrected chi connectivity index (χ1v) is 5.85. The van der Waals surface area contributed by atoms with Crippen LogP contribution in [-0.4, -0.2) is 24.0 Å². The lowest BCUT2D eigenvalue weighted by atomic mass is 11.9. The molecule has 1 unspecified atom stereocenters. The van der Waals surface area contributed by atoms with Gasteiger partial charge in [0, 0.05) is 6.26 Å². The normalized spacial score (nSPS) is 15.8. The topological polar surface area (TPSA) is 51.2 Å². The van der Waals surface area contributed by atoms with E-state index in [0.29, 0.717) is 0 Å². The van der Waals surface area contributed by atoms with Crippen LogP contribution in [0.2, 0.25) is 0 Å². The second-order valence-electron chi connectivity index (χ2n) is 1.33. The predicted molar refractivity (Wildman–Crippen MR) is 33.7 cm³/mol. The predicted octanol–water partition coefficient (Wildman–Crippen LogP) is -0.109. The summed E-state index contributed by atoms with van der Waals surface area (Å²) in [5.74, 6) is 0. The van der Waals surface area contributed by atoms with Crippen molar-refractivity contribution in [2.24, 2.45) is 0 Å². The summed E-state index contributed by atoms with van der Waals surface area (Å²) in [6.45, 7) is 0. The molecule has 1 atom stereocenters. The molecule has 0 radical (unpaired) electrons. The molecule has 0 aliphatic rings. The summed E-state index contributed by atoms with van der Waals surface area (Å²) in [6.07, 6.45) is 0.979. The van der Waals surface area contributed by atoms with E-state index >= 15 is 0 Å². The number of halogens is 1. The molecule has 0 N–H and O–H groups in total. The SMILES string of the molecule is CS(=O)(=O)CS(=O)Cl. The average Bonchev–Trinajstić information content (AvgIpc) is 1.21. The van der Waals surface area contributed by atoms with Crippen molar-refractivity contribution in [1.82, 2.24) is 0 Å². The summed E-state index contributed by atoms with van der Waals surface area (Å²) in [5, 5.41) is -0.464. The van der Waals surface area contributed by atoms with Crippen LogP contribution in [0.5, 0.6) is 0 Å². The van der Waals surface area contributed by atoms with Crippen molar-refractivity contribution in [2.45, 2.75) is 0 Å². The molecule has 0 aliphatic carbocycles. The fourth-order valence-corrected chi connectivity index (χ4v) is 2.97. The van der Waals surface area contributed by atoms with Crippen LogP contribution < -0.4 is 0 Å². The molecule has 0 aromatic rings. The Morgan fingerprint density at radius 2 is 2.00 bits per heavy atom. The van der Waals surface area contributed by atoms with Crippen molar-refractivity contribution in [3.63, 3.8) is 0 Å². The minimum Gasteiger partial charge on any atom is -0.242 e. The molecule has 0 aromatic heterocycles. The largest absolute Gasteiger partial charge is 0.242 e. The van der Waals surface area contributed by atoms with E-state index in [2.05, 4.69) is 0 Å². The lowest BCUT2D eigenvalue weighted by Gasteiger charge is -1.86. The van der Waals surface area contributed by atoms with Crippen LogP contribution in [0.15, 0.2) is 0 Å². The van der Waals surface area contributed by atoms with Gasteiger partial charge in [0.1, 0.15) is 15.1 Å². The highest BCUT2D eigenvalue weighted by Gasteiger charge is 2.04. The van der Waals surface area contributed by atoms with Gasteiger partial charge in [0.05, 0.1) is 0 Å². The molecule has 0 aliphatic heterocycles. The summed E-state index contributed by atoms with van der Waals surface area (Å²) < 4.78 is 30.3. The van der Waals surface area contributed by atoms with E-state index in [4.69, 9.17) is 10.7 Å². The van der Waals surface area contributed by atoms with E-state index in [1.165, 1.54) is 0 Å². The molecule has 50 valence electrons. The maximum atomic E-state index is 10.2. The molecular weight excluding hydrogens is 172 g/mol. The monoisotopic (exact) mass is 176 g/mol. The molecule has 3 nitrogen and oxygen atoms in total.